The zero-order valence-electron chi connectivity index (χ0n) is 9.76. The number of rotatable bonds is 1. The van der Waals surface area contributed by atoms with Gasteiger partial charge in [-0.05, 0) is 45.2 Å². The maximum Gasteiger partial charge on any atom is 0.143 e. The van der Waals surface area contributed by atoms with Gasteiger partial charge in [0.1, 0.15) is 11.4 Å². The van der Waals surface area contributed by atoms with Gasteiger partial charge in [-0.15, -0.1) is 0 Å². The predicted octanol–water partition coefficient (Wildman–Crippen LogP) is 3.22. The van der Waals surface area contributed by atoms with Crippen LogP contribution in [0.15, 0.2) is 18.2 Å². The van der Waals surface area contributed by atoms with Crippen molar-refractivity contribution in [3.63, 3.8) is 0 Å². The molecule has 0 bridgehead atoms. The van der Waals surface area contributed by atoms with Gasteiger partial charge in [0.25, 0.3) is 0 Å². The molecule has 1 heterocycles. The van der Waals surface area contributed by atoms with Gasteiger partial charge in [0, 0.05) is 6.54 Å². The third-order valence-electron chi connectivity index (χ3n) is 2.45. The number of para-hydroxylation sites is 1. The minimum absolute atomic E-state index is 0.131. The van der Waals surface area contributed by atoms with E-state index in [1.807, 2.05) is 6.07 Å². The van der Waals surface area contributed by atoms with Crippen molar-refractivity contribution in [2.45, 2.75) is 39.2 Å². The van der Waals surface area contributed by atoms with Crippen LogP contribution in [0.3, 0.4) is 0 Å². The minimum Gasteiger partial charge on any atom is -0.486 e. The quantitative estimate of drug-likeness (QED) is 0.760. The van der Waals surface area contributed by atoms with Crippen LogP contribution in [0.2, 0.25) is 0 Å². The number of hydrogen-bond acceptors (Lipinski definition) is 2. The first-order valence-electron chi connectivity index (χ1n) is 5.61. The van der Waals surface area contributed by atoms with Gasteiger partial charge in [-0.1, -0.05) is 12.1 Å². The van der Waals surface area contributed by atoms with E-state index in [0.717, 1.165) is 18.7 Å². The van der Waals surface area contributed by atoms with E-state index in [0.29, 0.717) is 0 Å². The summed E-state index contributed by atoms with van der Waals surface area (Å²) in [5.41, 5.74) is 2.44. The molecule has 0 saturated carbocycles. The maximum atomic E-state index is 5.94. The predicted molar refractivity (Wildman–Crippen MR) is 63.6 cm³/mol. The van der Waals surface area contributed by atoms with Crippen molar-refractivity contribution < 1.29 is 4.74 Å². The van der Waals surface area contributed by atoms with Crippen LogP contribution < -0.4 is 10.1 Å². The molecule has 1 N–H and O–H groups in total. The number of hydrogen-bond donors (Lipinski definition) is 1. The highest BCUT2D eigenvalue weighted by atomic mass is 16.5. The van der Waals surface area contributed by atoms with Crippen LogP contribution in [0.1, 0.15) is 32.8 Å². The molecule has 0 radical (unpaired) electrons. The topological polar surface area (TPSA) is 21.3 Å². The summed E-state index contributed by atoms with van der Waals surface area (Å²) in [4.78, 5) is 0. The molecule has 0 unspecified atom stereocenters. The van der Waals surface area contributed by atoms with Gasteiger partial charge in [-0.2, -0.15) is 0 Å². The van der Waals surface area contributed by atoms with Crippen molar-refractivity contribution in [3.8, 4) is 5.75 Å². The van der Waals surface area contributed by atoms with Crippen LogP contribution in [0, 0.1) is 0 Å². The lowest BCUT2D eigenvalue weighted by Crippen LogP contribution is -2.24. The summed E-state index contributed by atoms with van der Waals surface area (Å²) in [7, 11) is 0. The Morgan fingerprint density at radius 2 is 2.07 bits per heavy atom. The van der Waals surface area contributed by atoms with E-state index in [4.69, 9.17) is 4.74 Å². The molecule has 1 aliphatic heterocycles. The lowest BCUT2D eigenvalue weighted by atomic mass is 10.0. The van der Waals surface area contributed by atoms with Crippen LogP contribution in [0.5, 0.6) is 5.75 Å². The molecule has 0 aromatic heterocycles. The molecular formula is C13H19NO. The molecule has 15 heavy (non-hydrogen) atoms. The first-order valence-corrected chi connectivity index (χ1v) is 5.61. The van der Waals surface area contributed by atoms with Crippen LogP contribution in [0.25, 0.3) is 0 Å². The fraction of sp³-hybridized carbons (Fsp3) is 0.538. The number of aryl methyl sites for hydroxylation is 1. The van der Waals surface area contributed by atoms with Crippen LogP contribution in [0.4, 0.5) is 5.69 Å². The van der Waals surface area contributed by atoms with Crippen molar-refractivity contribution >= 4 is 5.69 Å². The molecule has 0 aliphatic carbocycles. The fourth-order valence-corrected chi connectivity index (χ4v) is 1.89. The zero-order chi connectivity index (χ0) is 10.9. The summed E-state index contributed by atoms with van der Waals surface area (Å²) in [6.07, 6.45) is 2.37. The zero-order valence-corrected chi connectivity index (χ0v) is 9.76. The molecule has 0 atom stereocenters. The van der Waals surface area contributed by atoms with Gasteiger partial charge in [-0.3, -0.25) is 0 Å². The van der Waals surface area contributed by atoms with E-state index in [2.05, 4.69) is 38.2 Å². The van der Waals surface area contributed by atoms with Gasteiger partial charge in [0.15, 0.2) is 0 Å². The smallest absolute Gasteiger partial charge is 0.143 e. The van der Waals surface area contributed by atoms with Crippen LogP contribution >= 0.6 is 0 Å². The lowest BCUT2D eigenvalue weighted by Gasteiger charge is -2.26. The highest BCUT2D eigenvalue weighted by Gasteiger charge is 2.18. The summed E-state index contributed by atoms with van der Waals surface area (Å²) >= 11 is 0. The van der Waals surface area contributed by atoms with Gasteiger partial charge in [0.05, 0.1) is 5.69 Å². The summed E-state index contributed by atoms with van der Waals surface area (Å²) in [5, 5.41) is 3.43. The fourth-order valence-electron chi connectivity index (χ4n) is 1.89. The summed E-state index contributed by atoms with van der Waals surface area (Å²) < 4.78 is 5.94. The van der Waals surface area contributed by atoms with Gasteiger partial charge >= 0.3 is 0 Å². The Kier molecular flexibility index (Phi) is 2.59. The van der Waals surface area contributed by atoms with E-state index in [1.165, 1.54) is 17.7 Å². The number of ether oxygens (including phenoxy) is 1. The number of fused-ring (bicyclic) bond motifs is 1. The first-order chi connectivity index (χ1) is 7.06. The van der Waals surface area contributed by atoms with Gasteiger partial charge in [0.2, 0.25) is 0 Å². The second kappa shape index (κ2) is 3.76. The Bertz CT molecular complexity index is 352. The molecule has 0 amide bonds. The van der Waals surface area contributed by atoms with E-state index in [9.17, 15) is 0 Å². The standard InChI is InChI=1S/C13H19NO/c1-13(2,3)15-11-8-4-6-10-7-5-9-14-12(10)11/h4,6,8,14H,5,7,9H2,1-3H3. The molecule has 0 saturated heterocycles. The number of anilines is 1. The van der Waals surface area contributed by atoms with Crippen molar-refractivity contribution in [3.05, 3.63) is 23.8 Å². The van der Waals surface area contributed by atoms with Crippen molar-refractivity contribution in [1.29, 1.82) is 0 Å². The van der Waals surface area contributed by atoms with Crippen molar-refractivity contribution in [1.82, 2.24) is 0 Å². The van der Waals surface area contributed by atoms with E-state index in [1.54, 1.807) is 0 Å². The van der Waals surface area contributed by atoms with Crippen LogP contribution in [-0.4, -0.2) is 12.1 Å². The third-order valence-corrected chi connectivity index (χ3v) is 2.45. The molecular weight excluding hydrogens is 186 g/mol. The Morgan fingerprint density at radius 3 is 2.80 bits per heavy atom. The number of benzene rings is 1. The molecule has 2 heteroatoms. The van der Waals surface area contributed by atoms with Crippen molar-refractivity contribution in [2.24, 2.45) is 0 Å². The first kappa shape index (κ1) is 10.3. The highest BCUT2D eigenvalue weighted by molar-refractivity contribution is 5.63. The van der Waals surface area contributed by atoms with Crippen LogP contribution in [-0.2, 0) is 6.42 Å². The van der Waals surface area contributed by atoms with E-state index in [-0.39, 0.29) is 5.60 Å². The molecule has 1 aromatic rings. The SMILES string of the molecule is CC(C)(C)Oc1cccc2c1NCCC2. The minimum atomic E-state index is -0.131. The molecule has 1 aromatic carbocycles. The Balaban J connectivity index is 2.31. The van der Waals surface area contributed by atoms with Gasteiger partial charge in [-0.25, -0.2) is 0 Å². The average Bonchev–Trinajstić information content (AvgIpc) is 2.16. The lowest BCUT2D eigenvalue weighted by molar-refractivity contribution is 0.131. The molecule has 82 valence electrons. The molecule has 1 aliphatic rings. The molecule has 2 nitrogen and oxygen atoms in total. The molecule has 0 fully saturated rings. The second-order valence-electron chi connectivity index (χ2n) is 5.04. The monoisotopic (exact) mass is 205 g/mol. The molecule has 2 rings (SSSR count). The summed E-state index contributed by atoms with van der Waals surface area (Å²) in [5.74, 6) is 0.986. The van der Waals surface area contributed by atoms with Crippen molar-refractivity contribution in [2.75, 3.05) is 11.9 Å². The second-order valence-corrected chi connectivity index (χ2v) is 5.04. The highest BCUT2D eigenvalue weighted by Crippen LogP contribution is 2.33. The largest absolute Gasteiger partial charge is 0.486 e. The summed E-state index contributed by atoms with van der Waals surface area (Å²) in [6.45, 7) is 7.29. The molecule has 0 spiro atoms. The van der Waals surface area contributed by atoms with E-state index < -0.39 is 0 Å². The maximum absolute atomic E-state index is 5.94. The Morgan fingerprint density at radius 1 is 1.27 bits per heavy atom. The van der Waals surface area contributed by atoms with E-state index >= 15 is 0 Å². The normalized spacial score (nSPS) is 15.4. The average molecular weight is 205 g/mol. The Hall–Kier alpha value is -1.18. The summed E-state index contributed by atoms with van der Waals surface area (Å²) in [6, 6.07) is 6.30. The number of nitrogens with one attached hydrogen (secondary N) is 1. The third kappa shape index (κ3) is 2.44. The Labute approximate surface area is 91.6 Å². The van der Waals surface area contributed by atoms with Gasteiger partial charge < -0.3 is 10.1 Å².